The molecule has 0 fully saturated rings. The van der Waals surface area contributed by atoms with E-state index in [0.29, 0.717) is 6.54 Å². The summed E-state index contributed by atoms with van der Waals surface area (Å²) in [7, 11) is -2.42. The first-order chi connectivity index (χ1) is 14.1. The molecule has 0 saturated heterocycles. The molecule has 30 heavy (non-hydrogen) atoms. The van der Waals surface area contributed by atoms with E-state index in [1.807, 2.05) is 44.2 Å². The lowest BCUT2D eigenvalue weighted by Gasteiger charge is -2.18. The Hall–Kier alpha value is -2.42. The number of amides is 1. The monoisotopic (exact) mass is 452 g/mol. The Morgan fingerprint density at radius 2 is 1.80 bits per heavy atom. The van der Waals surface area contributed by atoms with E-state index in [0.717, 1.165) is 11.6 Å². The molecular formula is C21H25ClN2O5S. The number of rotatable bonds is 9. The van der Waals surface area contributed by atoms with Gasteiger partial charge in [-0.1, -0.05) is 55.8 Å². The SMILES string of the molecule is CC(C)CNC(=O)COC(=O)c1cc(S(=O)(=O)N(C)Cc2ccccc2)ccc1Cl. The Balaban J connectivity index is 2.13. The zero-order valence-electron chi connectivity index (χ0n) is 17.1. The van der Waals surface area contributed by atoms with Crippen LogP contribution in [0.25, 0.3) is 0 Å². The van der Waals surface area contributed by atoms with E-state index in [2.05, 4.69) is 5.32 Å². The van der Waals surface area contributed by atoms with Crippen LogP contribution in [0.5, 0.6) is 0 Å². The summed E-state index contributed by atoms with van der Waals surface area (Å²) < 4.78 is 32.0. The molecule has 1 amide bonds. The van der Waals surface area contributed by atoms with Crippen LogP contribution in [0, 0.1) is 5.92 Å². The fourth-order valence-electron chi connectivity index (χ4n) is 2.50. The van der Waals surface area contributed by atoms with Crippen molar-refractivity contribution in [2.75, 3.05) is 20.2 Å². The summed E-state index contributed by atoms with van der Waals surface area (Å²) in [6.45, 7) is 4.02. The number of nitrogens with zero attached hydrogens (tertiary/aromatic N) is 1. The molecule has 0 aliphatic carbocycles. The van der Waals surface area contributed by atoms with E-state index < -0.39 is 28.5 Å². The molecule has 1 N–H and O–H groups in total. The van der Waals surface area contributed by atoms with Crippen LogP contribution in [0.2, 0.25) is 5.02 Å². The molecule has 2 aromatic rings. The normalized spacial score (nSPS) is 11.5. The van der Waals surface area contributed by atoms with Crippen molar-refractivity contribution >= 4 is 33.5 Å². The number of sulfonamides is 1. The fraction of sp³-hybridized carbons (Fsp3) is 0.333. The van der Waals surface area contributed by atoms with Gasteiger partial charge in [0.2, 0.25) is 10.0 Å². The van der Waals surface area contributed by atoms with E-state index >= 15 is 0 Å². The maximum atomic E-state index is 12.9. The van der Waals surface area contributed by atoms with E-state index in [9.17, 15) is 18.0 Å². The van der Waals surface area contributed by atoms with Crippen molar-refractivity contribution in [1.82, 2.24) is 9.62 Å². The zero-order chi connectivity index (χ0) is 22.3. The maximum Gasteiger partial charge on any atom is 0.340 e. The number of nitrogens with one attached hydrogen (secondary N) is 1. The maximum absolute atomic E-state index is 12.9. The lowest BCUT2D eigenvalue weighted by molar-refractivity contribution is -0.124. The van der Waals surface area contributed by atoms with Crippen LogP contribution in [0.1, 0.15) is 29.8 Å². The molecule has 0 radical (unpaired) electrons. The molecule has 0 saturated carbocycles. The Morgan fingerprint density at radius 3 is 2.43 bits per heavy atom. The summed E-state index contributed by atoms with van der Waals surface area (Å²) in [6.07, 6.45) is 0. The molecule has 0 bridgehead atoms. The molecule has 162 valence electrons. The van der Waals surface area contributed by atoms with Gasteiger partial charge in [0.25, 0.3) is 5.91 Å². The minimum Gasteiger partial charge on any atom is -0.452 e. The molecule has 7 nitrogen and oxygen atoms in total. The average molecular weight is 453 g/mol. The quantitative estimate of drug-likeness (QED) is 0.590. The van der Waals surface area contributed by atoms with Crippen LogP contribution in [-0.4, -0.2) is 44.8 Å². The van der Waals surface area contributed by atoms with Crippen molar-refractivity contribution in [1.29, 1.82) is 0 Å². The highest BCUT2D eigenvalue weighted by Gasteiger charge is 2.24. The predicted octanol–water partition coefficient (Wildman–Crippen LogP) is 3.09. The van der Waals surface area contributed by atoms with Gasteiger partial charge in [-0.3, -0.25) is 4.79 Å². The van der Waals surface area contributed by atoms with Crippen molar-refractivity contribution in [3.8, 4) is 0 Å². The van der Waals surface area contributed by atoms with Gasteiger partial charge in [-0.15, -0.1) is 0 Å². The first-order valence-electron chi connectivity index (χ1n) is 9.35. The second-order valence-corrected chi connectivity index (χ2v) is 9.61. The second-order valence-electron chi connectivity index (χ2n) is 7.16. The summed E-state index contributed by atoms with van der Waals surface area (Å²) >= 11 is 6.06. The largest absolute Gasteiger partial charge is 0.452 e. The van der Waals surface area contributed by atoms with E-state index in [4.69, 9.17) is 16.3 Å². The lowest BCUT2D eigenvalue weighted by Crippen LogP contribution is -2.31. The van der Waals surface area contributed by atoms with Gasteiger partial charge in [-0.05, 0) is 29.7 Å². The van der Waals surface area contributed by atoms with Crippen LogP contribution in [-0.2, 0) is 26.1 Å². The summed E-state index contributed by atoms with van der Waals surface area (Å²) in [5.74, 6) is -1.06. The molecule has 0 unspecified atom stereocenters. The summed E-state index contributed by atoms with van der Waals surface area (Å²) in [5.41, 5.74) is 0.701. The van der Waals surface area contributed by atoms with Crippen LogP contribution in [0.15, 0.2) is 53.4 Å². The highest BCUT2D eigenvalue weighted by molar-refractivity contribution is 7.89. The van der Waals surface area contributed by atoms with Gasteiger partial charge in [0.15, 0.2) is 6.61 Å². The van der Waals surface area contributed by atoms with Crippen molar-refractivity contribution in [3.05, 3.63) is 64.7 Å². The van der Waals surface area contributed by atoms with E-state index in [1.54, 1.807) is 0 Å². The molecule has 0 aliphatic heterocycles. The number of benzene rings is 2. The van der Waals surface area contributed by atoms with Gasteiger partial charge >= 0.3 is 5.97 Å². The number of carbonyl (C=O) groups excluding carboxylic acids is 2. The van der Waals surface area contributed by atoms with Gasteiger partial charge in [-0.25, -0.2) is 13.2 Å². The van der Waals surface area contributed by atoms with Crippen molar-refractivity contribution < 1.29 is 22.7 Å². The molecular weight excluding hydrogens is 428 g/mol. The molecule has 0 spiro atoms. The van der Waals surface area contributed by atoms with Gasteiger partial charge in [-0.2, -0.15) is 4.31 Å². The van der Waals surface area contributed by atoms with Crippen LogP contribution < -0.4 is 5.32 Å². The number of carbonyl (C=O) groups is 2. The Bertz CT molecular complexity index is 994. The van der Waals surface area contributed by atoms with Crippen molar-refractivity contribution in [3.63, 3.8) is 0 Å². The van der Waals surface area contributed by atoms with E-state index in [1.165, 1.54) is 23.5 Å². The van der Waals surface area contributed by atoms with Gasteiger partial charge in [0.1, 0.15) is 0 Å². The van der Waals surface area contributed by atoms with Crippen LogP contribution in [0.3, 0.4) is 0 Å². The standard InChI is InChI=1S/C21H25ClN2O5S/c1-15(2)12-23-20(25)14-29-21(26)18-11-17(9-10-19(18)22)30(27,28)24(3)13-16-7-5-4-6-8-16/h4-11,15H,12-14H2,1-3H3,(H,23,25). The lowest BCUT2D eigenvalue weighted by atomic mass is 10.2. The molecule has 0 heterocycles. The van der Waals surface area contributed by atoms with Crippen LogP contribution >= 0.6 is 11.6 Å². The van der Waals surface area contributed by atoms with Gasteiger partial charge in [0, 0.05) is 20.1 Å². The van der Waals surface area contributed by atoms with E-state index in [-0.39, 0.29) is 27.9 Å². The van der Waals surface area contributed by atoms with Crippen molar-refractivity contribution in [2.24, 2.45) is 5.92 Å². The van der Waals surface area contributed by atoms with Gasteiger partial charge < -0.3 is 10.1 Å². The second kappa shape index (κ2) is 10.6. The third kappa shape index (κ3) is 6.55. The van der Waals surface area contributed by atoms with Crippen LogP contribution in [0.4, 0.5) is 0 Å². The number of ether oxygens (including phenoxy) is 1. The van der Waals surface area contributed by atoms with Crippen molar-refractivity contribution in [2.45, 2.75) is 25.3 Å². The average Bonchev–Trinajstić information content (AvgIpc) is 2.71. The van der Waals surface area contributed by atoms with Gasteiger partial charge in [0.05, 0.1) is 15.5 Å². The first kappa shape index (κ1) is 23.9. The molecule has 9 heteroatoms. The molecule has 0 aromatic heterocycles. The Labute approximate surface area is 182 Å². The highest BCUT2D eigenvalue weighted by atomic mass is 35.5. The summed E-state index contributed by atoms with van der Waals surface area (Å²) in [4.78, 5) is 24.0. The topological polar surface area (TPSA) is 92.8 Å². The Kier molecular flexibility index (Phi) is 8.40. The number of hydrogen-bond donors (Lipinski definition) is 1. The Morgan fingerprint density at radius 1 is 1.13 bits per heavy atom. The third-order valence-electron chi connectivity index (χ3n) is 4.16. The minimum absolute atomic E-state index is 0.0345. The predicted molar refractivity (Wildman–Crippen MR) is 115 cm³/mol. The number of hydrogen-bond acceptors (Lipinski definition) is 5. The highest BCUT2D eigenvalue weighted by Crippen LogP contribution is 2.24. The fourth-order valence-corrected chi connectivity index (χ4v) is 3.88. The molecule has 2 rings (SSSR count). The third-order valence-corrected chi connectivity index (χ3v) is 6.28. The first-order valence-corrected chi connectivity index (χ1v) is 11.2. The number of halogens is 1. The molecule has 2 aromatic carbocycles. The molecule has 0 atom stereocenters. The minimum atomic E-state index is -3.87. The summed E-state index contributed by atoms with van der Waals surface area (Å²) in [5, 5.41) is 2.66. The smallest absolute Gasteiger partial charge is 0.340 e. The summed E-state index contributed by atoms with van der Waals surface area (Å²) in [6, 6.07) is 12.9. The molecule has 0 aliphatic rings. The zero-order valence-corrected chi connectivity index (χ0v) is 18.7. The number of esters is 1.